The van der Waals surface area contributed by atoms with Crippen molar-refractivity contribution >= 4 is 59.8 Å². The molecule has 0 saturated carbocycles. The summed E-state index contributed by atoms with van der Waals surface area (Å²) in [5.41, 5.74) is 4.27. The third-order valence-electron chi connectivity index (χ3n) is 6.35. The fourth-order valence-corrected chi connectivity index (χ4v) is 4.96. The van der Waals surface area contributed by atoms with Gasteiger partial charge in [0.2, 0.25) is 0 Å². The van der Waals surface area contributed by atoms with Crippen molar-refractivity contribution in [1.29, 1.82) is 0 Å². The van der Waals surface area contributed by atoms with Crippen molar-refractivity contribution in [3.63, 3.8) is 0 Å². The first-order chi connectivity index (χ1) is 21.0. The molecule has 0 aliphatic heterocycles. The summed E-state index contributed by atoms with van der Waals surface area (Å²) >= 11 is 6.91. The van der Waals surface area contributed by atoms with Crippen LogP contribution in [0.15, 0.2) is 87.8 Å². The molecule has 0 aliphatic rings. The lowest BCUT2D eigenvalue weighted by molar-refractivity contribution is 0.0523. The fraction of sp³-hybridized carbons (Fsp3) is 0.265. The van der Waals surface area contributed by atoms with Gasteiger partial charge in [-0.15, -0.1) is 0 Å². The Bertz CT molecular complexity index is 1740. The minimum atomic E-state index is -0.494. The largest absolute Gasteiger partial charge is 0.497 e. The number of rotatable bonds is 8. The zero-order valence-corrected chi connectivity index (χ0v) is 28.6. The van der Waals surface area contributed by atoms with Crippen molar-refractivity contribution in [2.75, 3.05) is 14.2 Å². The molecule has 8 nitrogen and oxygen atoms in total. The summed E-state index contributed by atoms with van der Waals surface area (Å²) in [6, 6.07) is 25.9. The van der Waals surface area contributed by atoms with Gasteiger partial charge in [-0.3, -0.25) is 9.97 Å². The molecule has 0 atom stereocenters. The molecule has 5 aromatic rings. The average molecular weight is 724 g/mol. The second kappa shape index (κ2) is 15.3. The van der Waals surface area contributed by atoms with E-state index in [0.717, 1.165) is 59.2 Å². The van der Waals surface area contributed by atoms with E-state index in [0.29, 0.717) is 19.6 Å². The van der Waals surface area contributed by atoms with E-state index in [2.05, 4.69) is 65.7 Å². The van der Waals surface area contributed by atoms with Gasteiger partial charge in [-0.25, -0.2) is 4.79 Å². The maximum atomic E-state index is 11.6. The summed E-state index contributed by atoms with van der Waals surface area (Å²) in [7, 11) is 3.32. The SMILES string of the molecule is CC(C)(C)OC(=O)NCc1ccc2ccc(Br)cc2n1.COc1ccc(CNCc2ccc3ccc(Br)cc3n2)c(OC)c1. The van der Waals surface area contributed by atoms with E-state index in [1.54, 1.807) is 14.2 Å². The summed E-state index contributed by atoms with van der Waals surface area (Å²) in [6.45, 7) is 7.23. The number of hydrogen-bond acceptors (Lipinski definition) is 7. The Hall–Kier alpha value is -3.73. The predicted octanol–water partition coefficient (Wildman–Crippen LogP) is 8.33. The lowest BCUT2D eigenvalue weighted by Gasteiger charge is -2.19. The Morgan fingerprint density at radius 3 is 1.84 bits per heavy atom. The molecule has 230 valence electrons. The topological polar surface area (TPSA) is 94.6 Å². The van der Waals surface area contributed by atoms with E-state index in [1.807, 2.05) is 81.4 Å². The quantitative estimate of drug-likeness (QED) is 0.166. The number of fused-ring (bicyclic) bond motifs is 2. The first-order valence-electron chi connectivity index (χ1n) is 14.0. The standard InChI is InChI=1S/C19H19BrN2O2.C15H17BrN2O2/c1-23-17-8-5-14(19(10-17)24-2)11-21-12-16-7-4-13-3-6-15(20)9-18(13)22-16;1-15(2,3)20-14(19)17-9-12-7-5-10-4-6-11(16)8-13(10)18-12/h3-10,21H,11-12H2,1-2H3;4-8H,9H2,1-3H3,(H,17,19). The van der Waals surface area contributed by atoms with Crippen LogP contribution < -0.4 is 20.1 Å². The molecule has 2 heterocycles. The van der Waals surface area contributed by atoms with E-state index in [4.69, 9.17) is 19.2 Å². The summed E-state index contributed by atoms with van der Waals surface area (Å²) in [5, 5.41) is 8.32. The predicted molar refractivity (Wildman–Crippen MR) is 182 cm³/mol. The molecule has 0 radical (unpaired) electrons. The molecule has 10 heteroatoms. The Labute approximate surface area is 274 Å². The van der Waals surface area contributed by atoms with E-state index >= 15 is 0 Å². The molecule has 0 spiro atoms. The third kappa shape index (κ3) is 9.90. The summed E-state index contributed by atoms with van der Waals surface area (Å²) in [6.07, 6.45) is -0.436. The molecule has 0 saturated heterocycles. The van der Waals surface area contributed by atoms with Crippen molar-refractivity contribution in [2.24, 2.45) is 0 Å². The molecule has 3 aromatic carbocycles. The van der Waals surface area contributed by atoms with Crippen molar-refractivity contribution < 1.29 is 19.0 Å². The lowest BCUT2D eigenvalue weighted by atomic mass is 10.2. The highest BCUT2D eigenvalue weighted by Crippen LogP contribution is 2.25. The number of hydrogen-bond donors (Lipinski definition) is 2. The molecule has 0 unspecified atom stereocenters. The van der Waals surface area contributed by atoms with Crippen LogP contribution in [0.25, 0.3) is 21.8 Å². The zero-order valence-electron chi connectivity index (χ0n) is 25.4. The minimum absolute atomic E-state index is 0.345. The number of methoxy groups -OCH3 is 2. The highest BCUT2D eigenvalue weighted by molar-refractivity contribution is 9.10. The number of alkyl carbamates (subject to hydrolysis) is 1. The van der Waals surface area contributed by atoms with Crippen LogP contribution in [0.3, 0.4) is 0 Å². The van der Waals surface area contributed by atoms with Crippen LogP contribution in [0.2, 0.25) is 0 Å². The monoisotopic (exact) mass is 722 g/mol. The van der Waals surface area contributed by atoms with Crippen LogP contribution in [0.1, 0.15) is 37.7 Å². The number of amides is 1. The van der Waals surface area contributed by atoms with Crippen LogP contribution in [0, 0.1) is 0 Å². The lowest BCUT2D eigenvalue weighted by Crippen LogP contribution is -2.32. The summed E-state index contributed by atoms with van der Waals surface area (Å²) in [5.74, 6) is 1.61. The third-order valence-corrected chi connectivity index (χ3v) is 7.34. The van der Waals surface area contributed by atoms with Gasteiger partial charge >= 0.3 is 6.09 Å². The second-order valence-electron chi connectivity index (χ2n) is 10.9. The van der Waals surface area contributed by atoms with Crippen LogP contribution in [-0.4, -0.2) is 35.9 Å². The van der Waals surface area contributed by atoms with Gasteiger partial charge in [-0.1, -0.05) is 62.2 Å². The number of benzene rings is 3. The molecule has 0 fully saturated rings. The highest BCUT2D eigenvalue weighted by Gasteiger charge is 2.16. The number of halogens is 2. The van der Waals surface area contributed by atoms with E-state index in [9.17, 15) is 4.79 Å². The van der Waals surface area contributed by atoms with Gasteiger partial charge in [-0.2, -0.15) is 0 Å². The number of ether oxygens (including phenoxy) is 3. The van der Waals surface area contributed by atoms with Gasteiger partial charge < -0.3 is 24.8 Å². The van der Waals surface area contributed by atoms with Crippen molar-refractivity contribution in [2.45, 2.75) is 46.0 Å². The smallest absolute Gasteiger partial charge is 0.407 e. The molecule has 2 N–H and O–H groups in total. The van der Waals surface area contributed by atoms with Crippen LogP contribution in [0.5, 0.6) is 11.5 Å². The molecule has 0 aliphatic carbocycles. The van der Waals surface area contributed by atoms with Crippen LogP contribution >= 0.6 is 31.9 Å². The van der Waals surface area contributed by atoms with Crippen molar-refractivity contribution in [3.8, 4) is 11.5 Å². The molecule has 5 rings (SSSR count). The maximum Gasteiger partial charge on any atom is 0.407 e. The number of aromatic nitrogens is 2. The molecule has 1 amide bonds. The van der Waals surface area contributed by atoms with E-state index in [1.165, 1.54) is 0 Å². The molecule has 0 bridgehead atoms. The van der Waals surface area contributed by atoms with Crippen LogP contribution in [-0.2, 0) is 24.4 Å². The minimum Gasteiger partial charge on any atom is -0.497 e. The summed E-state index contributed by atoms with van der Waals surface area (Å²) in [4.78, 5) is 20.8. The van der Waals surface area contributed by atoms with E-state index in [-0.39, 0.29) is 0 Å². The normalized spacial score (nSPS) is 11.1. The zero-order chi connectivity index (χ0) is 31.7. The van der Waals surface area contributed by atoms with Gasteiger partial charge in [0.15, 0.2) is 0 Å². The van der Waals surface area contributed by atoms with Gasteiger partial charge in [0, 0.05) is 44.4 Å². The molecule has 44 heavy (non-hydrogen) atoms. The Balaban J connectivity index is 0.000000204. The average Bonchev–Trinajstić information content (AvgIpc) is 2.99. The van der Waals surface area contributed by atoms with Gasteiger partial charge in [0.25, 0.3) is 0 Å². The van der Waals surface area contributed by atoms with Crippen LogP contribution in [0.4, 0.5) is 4.79 Å². The first kappa shape index (κ1) is 33.2. The number of nitrogens with one attached hydrogen (secondary N) is 2. The Morgan fingerprint density at radius 2 is 1.30 bits per heavy atom. The molecular weight excluding hydrogens is 688 g/mol. The fourth-order valence-electron chi connectivity index (χ4n) is 4.26. The van der Waals surface area contributed by atoms with Gasteiger partial charge in [0.05, 0.1) is 43.2 Å². The second-order valence-corrected chi connectivity index (χ2v) is 12.7. The summed E-state index contributed by atoms with van der Waals surface area (Å²) < 4.78 is 17.8. The number of pyridine rings is 2. The Kier molecular flexibility index (Phi) is 11.5. The highest BCUT2D eigenvalue weighted by atomic mass is 79.9. The maximum absolute atomic E-state index is 11.6. The number of carbonyl (C=O) groups is 1. The molecule has 2 aromatic heterocycles. The Morgan fingerprint density at radius 1 is 0.727 bits per heavy atom. The molecular formula is C34H36Br2N4O4. The van der Waals surface area contributed by atoms with E-state index < -0.39 is 11.7 Å². The van der Waals surface area contributed by atoms with Gasteiger partial charge in [0.1, 0.15) is 17.1 Å². The first-order valence-corrected chi connectivity index (χ1v) is 15.6. The van der Waals surface area contributed by atoms with Crippen molar-refractivity contribution in [3.05, 3.63) is 105 Å². The van der Waals surface area contributed by atoms with Gasteiger partial charge in [-0.05, 0) is 63.2 Å². The van der Waals surface area contributed by atoms with Crippen molar-refractivity contribution in [1.82, 2.24) is 20.6 Å². The number of carbonyl (C=O) groups excluding carboxylic acids is 1. The number of nitrogens with zero attached hydrogens (tertiary/aromatic N) is 2.